The van der Waals surface area contributed by atoms with Gasteiger partial charge in [-0.2, -0.15) is 0 Å². The zero-order valence-corrected chi connectivity index (χ0v) is 22.2. The molecule has 200 valence electrons. The van der Waals surface area contributed by atoms with E-state index in [0.29, 0.717) is 17.5 Å². The summed E-state index contributed by atoms with van der Waals surface area (Å²) in [5.74, 6) is -0.352. The van der Waals surface area contributed by atoms with Crippen molar-refractivity contribution in [1.82, 2.24) is 0 Å². The number of nitrogens with zero attached hydrogens (tertiary/aromatic N) is 2. The van der Waals surface area contributed by atoms with Crippen LogP contribution < -0.4 is 14.5 Å². The fraction of sp³-hybridized carbons (Fsp3) is 0.438. The molecule has 2 saturated carbocycles. The number of allylic oxidation sites excluding steroid dienone is 2. The maximum absolute atomic E-state index is 13.5. The summed E-state index contributed by atoms with van der Waals surface area (Å²) in [7, 11) is 0. The Morgan fingerprint density at radius 3 is 2.13 bits per heavy atom. The average molecular weight is 525 g/mol. The first kappa shape index (κ1) is 24.3. The van der Waals surface area contributed by atoms with Crippen molar-refractivity contribution in [3.8, 4) is 5.75 Å². The Kier molecular flexibility index (Phi) is 5.55. The quantitative estimate of drug-likeness (QED) is 0.243. The van der Waals surface area contributed by atoms with Gasteiger partial charge in [-0.3, -0.25) is 19.2 Å². The molecular formula is C32H32N2O5. The van der Waals surface area contributed by atoms with E-state index >= 15 is 0 Å². The summed E-state index contributed by atoms with van der Waals surface area (Å²) in [6.45, 7) is 4.39. The number of benzene rings is 2. The van der Waals surface area contributed by atoms with Gasteiger partial charge < -0.3 is 9.64 Å². The molecule has 2 aromatic carbocycles. The summed E-state index contributed by atoms with van der Waals surface area (Å²) in [6.07, 6.45) is 7.10. The van der Waals surface area contributed by atoms with Gasteiger partial charge in [0.1, 0.15) is 5.75 Å². The van der Waals surface area contributed by atoms with Crippen molar-refractivity contribution >= 4 is 35.1 Å². The van der Waals surface area contributed by atoms with Crippen LogP contribution in [0.1, 0.15) is 37.8 Å². The molecule has 3 amide bonds. The number of rotatable bonds is 6. The summed E-state index contributed by atoms with van der Waals surface area (Å²) in [6, 6.07) is 12.7. The number of amides is 3. The molecule has 0 unspecified atom stereocenters. The molecule has 2 bridgehead atoms. The number of aryl methyl sites for hydroxylation is 2. The second kappa shape index (κ2) is 8.90. The van der Waals surface area contributed by atoms with Crippen LogP contribution in [0.4, 0.5) is 11.4 Å². The SMILES string of the molecule is CCc1cccc(CC)c1N1C[C@H](C(=O)Oc2cccc(N3C(=O)[C@@H]4[C@H]5C=C[C@@H]([C@@H]6C[C@H]56)[C@H]4C3=O)c2)CC1=O. The minimum atomic E-state index is -0.595. The van der Waals surface area contributed by atoms with Crippen molar-refractivity contribution in [3.05, 3.63) is 65.7 Å². The molecular weight excluding hydrogens is 492 g/mol. The highest BCUT2D eigenvalue weighted by Gasteiger charge is 2.67. The van der Waals surface area contributed by atoms with Gasteiger partial charge in [0, 0.05) is 24.7 Å². The molecule has 2 saturated heterocycles. The first-order valence-electron chi connectivity index (χ1n) is 14.2. The van der Waals surface area contributed by atoms with E-state index in [4.69, 9.17) is 4.74 Å². The highest BCUT2D eigenvalue weighted by molar-refractivity contribution is 6.22. The normalized spacial score (nSPS) is 32.1. The smallest absolute Gasteiger partial charge is 0.316 e. The molecule has 7 atom stereocenters. The molecule has 0 N–H and O–H groups in total. The van der Waals surface area contributed by atoms with Gasteiger partial charge in [0.25, 0.3) is 0 Å². The fourth-order valence-electron chi connectivity index (χ4n) is 7.74. The number of para-hydroxylation sites is 1. The van der Waals surface area contributed by atoms with Gasteiger partial charge in [-0.25, -0.2) is 4.90 Å². The lowest BCUT2D eigenvalue weighted by molar-refractivity contribution is -0.139. The van der Waals surface area contributed by atoms with Crippen molar-refractivity contribution in [2.45, 2.75) is 39.5 Å². The zero-order valence-electron chi connectivity index (χ0n) is 22.2. The van der Waals surface area contributed by atoms with Gasteiger partial charge in [-0.15, -0.1) is 0 Å². The van der Waals surface area contributed by atoms with E-state index in [1.54, 1.807) is 29.2 Å². The molecule has 8 rings (SSSR count). The van der Waals surface area contributed by atoms with Gasteiger partial charge in [0.05, 0.1) is 23.4 Å². The first-order chi connectivity index (χ1) is 18.9. The maximum atomic E-state index is 13.5. The number of ether oxygens (including phenoxy) is 1. The number of esters is 1. The third-order valence-corrected chi connectivity index (χ3v) is 9.65. The maximum Gasteiger partial charge on any atom is 0.316 e. The molecule has 4 aliphatic carbocycles. The van der Waals surface area contributed by atoms with Crippen LogP contribution >= 0.6 is 0 Å². The molecule has 0 spiro atoms. The van der Waals surface area contributed by atoms with E-state index in [0.717, 1.165) is 36.1 Å². The lowest BCUT2D eigenvalue weighted by Crippen LogP contribution is -2.40. The van der Waals surface area contributed by atoms with Gasteiger partial charge in [0.2, 0.25) is 17.7 Å². The standard InChI is InChI=1S/C32H32N2O5/c1-3-17-7-5-8-18(4-2)29(17)33-16-19(13-26(33)35)32(38)39-21-10-6-9-20(14-21)34-30(36)27-22-11-12-23(25-15-24(22)25)28(27)31(34)37/h5-12,14,19,22-25,27-28H,3-4,13,15-16H2,1-2H3/t19-,22+,23+,24-,25+,27-,28-/m1/s1. The fourth-order valence-corrected chi connectivity index (χ4v) is 7.74. The predicted molar refractivity (Wildman–Crippen MR) is 145 cm³/mol. The highest BCUT2D eigenvalue weighted by Crippen LogP contribution is 2.65. The van der Waals surface area contributed by atoms with Gasteiger partial charge in [-0.05, 0) is 66.2 Å². The Morgan fingerprint density at radius 2 is 1.51 bits per heavy atom. The summed E-state index contributed by atoms with van der Waals surface area (Å²) < 4.78 is 5.73. The van der Waals surface area contributed by atoms with Crippen molar-refractivity contribution < 1.29 is 23.9 Å². The van der Waals surface area contributed by atoms with Gasteiger partial charge in [0.15, 0.2) is 0 Å². The largest absolute Gasteiger partial charge is 0.426 e. The van der Waals surface area contributed by atoms with E-state index in [-0.39, 0.29) is 60.1 Å². The van der Waals surface area contributed by atoms with Crippen molar-refractivity contribution in [1.29, 1.82) is 0 Å². The van der Waals surface area contributed by atoms with E-state index in [1.165, 1.54) is 4.90 Å². The van der Waals surface area contributed by atoms with Crippen LogP contribution in [-0.2, 0) is 32.0 Å². The number of hydrogen-bond donors (Lipinski definition) is 0. The van der Waals surface area contributed by atoms with Crippen LogP contribution in [0.5, 0.6) is 5.75 Å². The number of anilines is 2. The molecule has 39 heavy (non-hydrogen) atoms. The highest BCUT2D eigenvalue weighted by atomic mass is 16.5. The minimum Gasteiger partial charge on any atom is -0.426 e. The Hall–Kier alpha value is -3.74. The Balaban J connectivity index is 1.08. The zero-order chi connectivity index (χ0) is 27.0. The van der Waals surface area contributed by atoms with E-state index in [9.17, 15) is 19.2 Å². The molecule has 2 aliphatic heterocycles. The molecule has 7 heteroatoms. The summed E-state index contributed by atoms with van der Waals surface area (Å²) in [5, 5.41) is 0. The lowest BCUT2D eigenvalue weighted by atomic mass is 9.63. The van der Waals surface area contributed by atoms with Crippen LogP contribution in [0, 0.1) is 41.4 Å². The molecule has 7 nitrogen and oxygen atoms in total. The van der Waals surface area contributed by atoms with E-state index in [1.807, 2.05) is 18.2 Å². The third-order valence-electron chi connectivity index (χ3n) is 9.65. The summed E-state index contributed by atoms with van der Waals surface area (Å²) in [5.41, 5.74) is 3.53. The number of carbonyl (C=O) groups excluding carboxylic acids is 4. The molecule has 6 aliphatic rings. The lowest BCUT2D eigenvalue weighted by Gasteiger charge is -2.37. The second-order valence-electron chi connectivity index (χ2n) is 11.6. The number of hydrogen-bond acceptors (Lipinski definition) is 5. The van der Waals surface area contributed by atoms with E-state index < -0.39 is 11.9 Å². The molecule has 2 heterocycles. The average Bonchev–Trinajstić information content (AvgIpc) is 3.63. The number of imide groups is 1. The summed E-state index contributed by atoms with van der Waals surface area (Å²) >= 11 is 0. The minimum absolute atomic E-state index is 0.0848. The Morgan fingerprint density at radius 1 is 0.897 bits per heavy atom. The Bertz CT molecular complexity index is 1390. The van der Waals surface area contributed by atoms with E-state index in [2.05, 4.69) is 26.0 Å². The van der Waals surface area contributed by atoms with Crippen LogP contribution in [-0.4, -0.2) is 30.2 Å². The van der Waals surface area contributed by atoms with Gasteiger partial charge in [-0.1, -0.05) is 50.3 Å². The van der Waals surface area contributed by atoms with Crippen molar-refractivity contribution in [2.24, 2.45) is 41.4 Å². The van der Waals surface area contributed by atoms with Crippen molar-refractivity contribution in [3.63, 3.8) is 0 Å². The Labute approximate surface area is 227 Å². The first-order valence-corrected chi connectivity index (χ1v) is 14.2. The van der Waals surface area contributed by atoms with Gasteiger partial charge >= 0.3 is 5.97 Å². The molecule has 0 radical (unpaired) electrons. The second-order valence-corrected chi connectivity index (χ2v) is 11.6. The number of carbonyl (C=O) groups is 4. The van der Waals surface area contributed by atoms with Crippen LogP contribution in [0.2, 0.25) is 0 Å². The van der Waals surface area contributed by atoms with Crippen molar-refractivity contribution in [2.75, 3.05) is 16.3 Å². The summed E-state index contributed by atoms with van der Waals surface area (Å²) in [4.78, 5) is 56.2. The predicted octanol–water partition coefficient (Wildman–Crippen LogP) is 4.33. The molecule has 0 aromatic heterocycles. The molecule has 4 fully saturated rings. The third kappa shape index (κ3) is 3.62. The van der Waals surface area contributed by atoms with Crippen LogP contribution in [0.15, 0.2) is 54.6 Å². The van der Waals surface area contributed by atoms with Crippen LogP contribution in [0.25, 0.3) is 0 Å². The topological polar surface area (TPSA) is 84.0 Å². The molecule has 2 aromatic rings. The van der Waals surface area contributed by atoms with Crippen LogP contribution in [0.3, 0.4) is 0 Å². The monoisotopic (exact) mass is 524 g/mol.